The summed E-state index contributed by atoms with van der Waals surface area (Å²) < 4.78 is 1.81. The maximum absolute atomic E-state index is 5.88. The highest BCUT2D eigenvalue weighted by molar-refractivity contribution is 7.97. The molecule has 2 heterocycles. The molecular formula is C11H9ClN4S2. The van der Waals surface area contributed by atoms with Crippen LogP contribution in [0.3, 0.4) is 0 Å². The molecule has 4 nitrogen and oxygen atoms in total. The predicted molar refractivity (Wildman–Crippen MR) is 76.3 cm³/mol. The third kappa shape index (κ3) is 2.11. The number of nitrogens with zero attached hydrogens (tertiary/aromatic N) is 4. The topological polar surface area (TPSA) is 43.1 Å². The monoisotopic (exact) mass is 296 g/mol. The minimum atomic E-state index is 0.727. The molecule has 0 aliphatic carbocycles. The van der Waals surface area contributed by atoms with Crippen molar-refractivity contribution in [2.24, 2.45) is 0 Å². The first-order chi connectivity index (χ1) is 8.78. The van der Waals surface area contributed by atoms with Crippen molar-refractivity contribution in [2.75, 3.05) is 6.26 Å². The molecule has 3 aromatic rings. The minimum absolute atomic E-state index is 0.727. The molecule has 2 aromatic heterocycles. The summed E-state index contributed by atoms with van der Waals surface area (Å²) in [7, 11) is 0. The van der Waals surface area contributed by atoms with E-state index in [4.69, 9.17) is 11.6 Å². The van der Waals surface area contributed by atoms with E-state index in [1.54, 1.807) is 11.8 Å². The molecule has 3 rings (SSSR count). The van der Waals surface area contributed by atoms with Gasteiger partial charge in [0.15, 0.2) is 5.82 Å². The Kier molecular flexibility index (Phi) is 3.23. The third-order valence-electron chi connectivity index (χ3n) is 2.42. The van der Waals surface area contributed by atoms with Crippen LogP contribution in [-0.2, 0) is 5.75 Å². The first-order valence-corrected chi connectivity index (χ1v) is 7.83. The summed E-state index contributed by atoms with van der Waals surface area (Å²) in [5.74, 6) is 1.69. The van der Waals surface area contributed by atoms with Crippen molar-refractivity contribution < 1.29 is 0 Å². The van der Waals surface area contributed by atoms with Crippen molar-refractivity contribution in [3.05, 3.63) is 35.1 Å². The van der Waals surface area contributed by atoms with Crippen molar-refractivity contribution in [3.8, 4) is 10.6 Å². The van der Waals surface area contributed by atoms with Gasteiger partial charge in [-0.3, -0.25) is 0 Å². The van der Waals surface area contributed by atoms with Crippen LogP contribution in [0.1, 0.15) is 5.82 Å². The van der Waals surface area contributed by atoms with E-state index < -0.39 is 0 Å². The Morgan fingerprint density at radius 2 is 2.06 bits per heavy atom. The molecule has 0 aliphatic rings. The first-order valence-electron chi connectivity index (χ1n) is 5.24. The Morgan fingerprint density at radius 3 is 2.78 bits per heavy atom. The van der Waals surface area contributed by atoms with E-state index in [9.17, 15) is 0 Å². The molecular weight excluding hydrogens is 288 g/mol. The van der Waals surface area contributed by atoms with E-state index >= 15 is 0 Å². The molecule has 0 bridgehead atoms. The third-order valence-corrected chi connectivity index (χ3v) is 4.17. The van der Waals surface area contributed by atoms with Gasteiger partial charge in [-0.25, -0.2) is 0 Å². The Balaban J connectivity index is 2.05. The van der Waals surface area contributed by atoms with E-state index in [0.29, 0.717) is 0 Å². The average molecular weight is 297 g/mol. The SMILES string of the molecule is CSCc1nnc2sc(-c3ccc(Cl)cc3)nn12. The van der Waals surface area contributed by atoms with Gasteiger partial charge in [-0.05, 0) is 18.4 Å². The van der Waals surface area contributed by atoms with Crippen LogP contribution < -0.4 is 0 Å². The maximum Gasteiger partial charge on any atom is 0.235 e. The summed E-state index contributed by atoms with van der Waals surface area (Å²) in [6, 6.07) is 7.65. The average Bonchev–Trinajstić information content (AvgIpc) is 2.93. The van der Waals surface area contributed by atoms with Crippen molar-refractivity contribution >= 4 is 39.7 Å². The molecule has 0 saturated heterocycles. The van der Waals surface area contributed by atoms with Gasteiger partial charge in [-0.2, -0.15) is 21.4 Å². The van der Waals surface area contributed by atoms with E-state index in [-0.39, 0.29) is 0 Å². The predicted octanol–water partition coefficient (Wildman–Crippen LogP) is 3.37. The summed E-state index contributed by atoms with van der Waals surface area (Å²) in [6.45, 7) is 0. The standard InChI is InChI=1S/C11H9ClN4S2/c1-17-6-9-13-14-11-16(9)15-10(18-11)7-2-4-8(12)5-3-7/h2-5H,6H2,1H3. The Labute approximate surface area is 117 Å². The first kappa shape index (κ1) is 12.0. The second kappa shape index (κ2) is 4.87. The normalized spacial score (nSPS) is 11.2. The van der Waals surface area contributed by atoms with Gasteiger partial charge in [0.05, 0.1) is 5.75 Å². The Morgan fingerprint density at radius 1 is 1.28 bits per heavy atom. The largest absolute Gasteiger partial charge is 0.235 e. The molecule has 0 fully saturated rings. The minimum Gasteiger partial charge on any atom is -0.186 e. The molecule has 0 N–H and O–H groups in total. The van der Waals surface area contributed by atoms with Gasteiger partial charge >= 0.3 is 0 Å². The molecule has 7 heteroatoms. The van der Waals surface area contributed by atoms with Crippen LogP contribution in [-0.4, -0.2) is 26.1 Å². The molecule has 0 spiro atoms. The Hall–Kier alpha value is -1.11. The highest BCUT2D eigenvalue weighted by atomic mass is 35.5. The van der Waals surface area contributed by atoms with E-state index in [1.807, 2.05) is 35.0 Å². The van der Waals surface area contributed by atoms with E-state index in [1.165, 1.54) is 11.3 Å². The fourth-order valence-electron chi connectivity index (χ4n) is 1.59. The lowest BCUT2D eigenvalue weighted by atomic mass is 10.2. The molecule has 0 amide bonds. The number of hydrogen-bond acceptors (Lipinski definition) is 5. The van der Waals surface area contributed by atoms with E-state index in [0.717, 1.165) is 32.1 Å². The summed E-state index contributed by atoms with van der Waals surface area (Å²) in [5, 5.41) is 14.4. The highest BCUT2D eigenvalue weighted by Crippen LogP contribution is 2.26. The fraction of sp³-hybridized carbons (Fsp3) is 0.182. The second-order valence-electron chi connectivity index (χ2n) is 3.66. The van der Waals surface area contributed by atoms with Crippen LogP contribution in [0.5, 0.6) is 0 Å². The number of halogens is 1. The molecule has 1 aromatic carbocycles. The quantitative estimate of drug-likeness (QED) is 0.743. The van der Waals surface area contributed by atoms with E-state index in [2.05, 4.69) is 15.3 Å². The van der Waals surface area contributed by atoms with Gasteiger partial charge in [0.25, 0.3) is 0 Å². The van der Waals surface area contributed by atoms with Crippen LogP contribution in [0, 0.1) is 0 Å². The zero-order chi connectivity index (χ0) is 12.5. The fourth-order valence-corrected chi connectivity index (χ4v) is 3.01. The molecule has 0 saturated carbocycles. The summed E-state index contributed by atoms with van der Waals surface area (Å²) in [6.07, 6.45) is 2.04. The van der Waals surface area contributed by atoms with Crippen LogP contribution in [0.4, 0.5) is 0 Å². The van der Waals surface area contributed by atoms with Crippen molar-refractivity contribution in [1.82, 2.24) is 19.8 Å². The molecule has 0 aliphatic heterocycles. The van der Waals surface area contributed by atoms with Gasteiger partial charge < -0.3 is 0 Å². The number of fused-ring (bicyclic) bond motifs is 1. The van der Waals surface area contributed by atoms with Crippen molar-refractivity contribution in [1.29, 1.82) is 0 Å². The van der Waals surface area contributed by atoms with Gasteiger partial charge in [-0.1, -0.05) is 35.1 Å². The lowest BCUT2D eigenvalue weighted by molar-refractivity contribution is 0.888. The lowest BCUT2D eigenvalue weighted by Crippen LogP contribution is -1.93. The number of hydrogen-bond donors (Lipinski definition) is 0. The smallest absolute Gasteiger partial charge is 0.186 e. The van der Waals surface area contributed by atoms with Crippen LogP contribution in [0.15, 0.2) is 24.3 Å². The zero-order valence-electron chi connectivity index (χ0n) is 9.50. The van der Waals surface area contributed by atoms with Crippen molar-refractivity contribution in [2.45, 2.75) is 5.75 Å². The molecule has 0 unspecified atom stereocenters. The Bertz CT molecular complexity index is 674. The number of rotatable bonds is 3. The number of thioether (sulfide) groups is 1. The summed E-state index contributed by atoms with van der Waals surface area (Å²) in [4.78, 5) is 0.823. The molecule has 0 atom stereocenters. The second-order valence-corrected chi connectivity index (χ2v) is 5.92. The maximum atomic E-state index is 5.88. The van der Waals surface area contributed by atoms with Crippen LogP contribution >= 0.6 is 34.7 Å². The van der Waals surface area contributed by atoms with Crippen LogP contribution in [0.2, 0.25) is 5.02 Å². The molecule has 0 radical (unpaired) electrons. The lowest BCUT2D eigenvalue weighted by Gasteiger charge is -1.95. The number of benzene rings is 1. The van der Waals surface area contributed by atoms with Gasteiger partial charge in [-0.15, -0.1) is 10.2 Å². The summed E-state index contributed by atoms with van der Waals surface area (Å²) in [5.41, 5.74) is 1.05. The van der Waals surface area contributed by atoms with Crippen LogP contribution in [0.25, 0.3) is 15.5 Å². The highest BCUT2D eigenvalue weighted by Gasteiger charge is 2.12. The molecule has 92 valence electrons. The van der Waals surface area contributed by atoms with Gasteiger partial charge in [0.2, 0.25) is 4.96 Å². The summed E-state index contributed by atoms with van der Waals surface area (Å²) >= 11 is 9.11. The van der Waals surface area contributed by atoms with Gasteiger partial charge in [0, 0.05) is 10.6 Å². The molecule has 18 heavy (non-hydrogen) atoms. The van der Waals surface area contributed by atoms with Gasteiger partial charge in [0.1, 0.15) is 5.01 Å². The van der Waals surface area contributed by atoms with Crippen molar-refractivity contribution in [3.63, 3.8) is 0 Å². The number of aromatic nitrogens is 4. The zero-order valence-corrected chi connectivity index (χ0v) is 11.9.